The SMILES string of the molecule is CCn1cc(Oc2ccc(CNC(C)C)cn2)cn1. The molecule has 0 spiro atoms. The van der Waals surface area contributed by atoms with Crippen LogP contribution in [0.4, 0.5) is 0 Å². The van der Waals surface area contributed by atoms with Gasteiger partial charge in [-0.1, -0.05) is 19.9 Å². The van der Waals surface area contributed by atoms with E-state index in [-0.39, 0.29) is 0 Å². The molecule has 5 heteroatoms. The van der Waals surface area contributed by atoms with E-state index in [1.54, 1.807) is 6.20 Å². The maximum absolute atomic E-state index is 5.63. The summed E-state index contributed by atoms with van der Waals surface area (Å²) < 4.78 is 7.44. The molecule has 0 saturated heterocycles. The van der Waals surface area contributed by atoms with Crippen LogP contribution in [0.1, 0.15) is 26.3 Å². The van der Waals surface area contributed by atoms with Crippen LogP contribution in [0.25, 0.3) is 0 Å². The van der Waals surface area contributed by atoms with E-state index in [1.165, 1.54) is 0 Å². The van der Waals surface area contributed by atoms with Gasteiger partial charge in [0.2, 0.25) is 5.88 Å². The highest BCUT2D eigenvalue weighted by Crippen LogP contribution is 2.18. The third kappa shape index (κ3) is 4.06. The van der Waals surface area contributed by atoms with Gasteiger partial charge in [-0.3, -0.25) is 4.68 Å². The average Bonchev–Trinajstić information content (AvgIpc) is 2.85. The Kier molecular flexibility index (Phi) is 4.52. The Hall–Kier alpha value is -1.88. The van der Waals surface area contributed by atoms with Crippen LogP contribution in [0.3, 0.4) is 0 Å². The van der Waals surface area contributed by atoms with E-state index in [0.717, 1.165) is 18.7 Å². The second-order valence-corrected chi connectivity index (χ2v) is 4.67. The number of nitrogens with zero attached hydrogens (tertiary/aromatic N) is 3. The molecule has 0 aromatic carbocycles. The summed E-state index contributed by atoms with van der Waals surface area (Å²) >= 11 is 0. The predicted molar refractivity (Wildman–Crippen MR) is 74.2 cm³/mol. The maximum Gasteiger partial charge on any atom is 0.219 e. The highest BCUT2D eigenvalue weighted by molar-refractivity contribution is 5.23. The average molecular weight is 260 g/mol. The van der Waals surface area contributed by atoms with Crippen molar-refractivity contribution in [2.45, 2.75) is 39.9 Å². The zero-order chi connectivity index (χ0) is 13.7. The van der Waals surface area contributed by atoms with Crippen LogP contribution >= 0.6 is 0 Å². The van der Waals surface area contributed by atoms with Crippen LogP contribution in [0, 0.1) is 0 Å². The van der Waals surface area contributed by atoms with Crippen LogP contribution in [-0.2, 0) is 13.1 Å². The van der Waals surface area contributed by atoms with Crippen molar-refractivity contribution in [2.75, 3.05) is 0 Å². The summed E-state index contributed by atoms with van der Waals surface area (Å²) in [5.41, 5.74) is 1.14. The first-order chi connectivity index (χ1) is 9.17. The number of rotatable bonds is 6. The van der Waals surface area contributed by atoms with Gasteiger partial charge in [0.15, 0.2) is 5.75 Å². The molecule has 2 aromatic rings. The largest absolute Gasteiger partial charge is 0.436 e. The van der Waals surface area contributed by atoms with Crippen molar-refractivity contribution in [3.8, 4) is 11.6 Å². The molecule has 0 amide bonds. The van der Waals surface area contributed by atoms with Gasteiger partial charge < -0.3 is 10.1 Å². The van der Waals surface area contributed by atoms with Crippen molar-refractivity contribution < 1.29 is 4.74 Å². The monoisotopic (exact) mass is 260 g/mol. The first-order valence-corrected chi connectivity index (χ1v) is 6.56. The number of hydrogen-bond donors (Lipinski definition) is 1. The molecule has 1 N–H and O–H groups in total. The van der Waals surface area contributed by atoms with Crippen molar-refractivity contribution in [3.05, 3.63) is 36.3 Å². The van der Waals surface area contributed by atoms with Crippen LogP contribution in [-0.4, -0.2) is 20.8 Å². The number of hydrogen-bond acceptors (Lipinski definition) is 4. The van der Waals surface area contributed by atoms with Crippen molar-refractivity contribution in [2.24, 2.45) is 0 Å². The molecule has 0 unspecified atom stereocenters. The smallest absolute Gasteiger partial charge is 0.219 e. The molecule has 0 aliphatic rings. The van der Waals surface area contributed by atoms with Gasteiger partial charge in [-0.25, -0.2) is 4.98 Å². The Morgan fingerprint density at radius 3 is 2.74 bits per heavy atom. The molecular weight excluding hydrogens is 240 g/mol. The van der Waals surface area contributed by atoms with E-state index in [4.69, 9.17) is 4.74 Å². The second-order valence-electron chi connectivity index (χ2n) is 4.67. The van der Waals surface area contributed by atoms with Gasteiger partial charge in [-0.05, 0) is 12.5 Å². The van der Waals surface area contributed by atoms with Crippen molar-refractivity contribution in [3.63, 3.8) is 0 Å². The highest BCUT2D eigenvalue weighted by atomic mass is 16.5. The summed E-state index contributed by atoms with van der Waals surface area (Å²) in [5, 5.41) is 7.50. The predicted octanol–water partition coefficient (Wildman–Crippen LogP) is 2.59. The van der Waals surface area contributed by atoms with Crippen LogP contribution < -0.4 is 10.1 Å². The molecule has 2 heterocycles. The van der Waals surface area contributed by atoms with Crippen LogP contribution in [0.2, 0.25) is 0 Å². The van der Waals surface area contributed by atoms with Gasteiger partial charge in [0.05, 0.1) is 12.4 Å². The molecule has 0 bridgehead atoms. The van der Waals surface area contributed by atoms with Gasteiger partial charge in [0, 0.05) is 31.4 Å². The molecule has 102 valence electrons. The number of aromatic nitrogens is 3. The Labute approximate surface area is 113 Å². The molecule has 5 nitrogen and oxygen atoms in total. The summed E-state index contributed by atoms with van der Waals surface area (Å²) in [6, 6.07) is 4.36. The number of ether oxygens (including phenoxy) is 1. The van der Waals surface area contributed by atoms with Crippen LogP contribution in [0.5, 0.6) is 11.6 Å². The Morgan fingerprint density at radius 2 is 2.16 bits per heavy atom. The maximum atomic E-state index is 5.63. The minimum atomic E-state index is 0.468. The molecule has 0 aliphatic heterocycles. The lowest BCUT2D eigenvalue weighted by atomic mass is 10.2. The third-order valence-corrected chi connectivity index (χ3v) is 2.67. The Bertz CT molecular complexity index is 504. The fraction of sp³-hybridized carbons (Fsp3) is 0.429. The van der Waals surface area contributed by atoms with Gasteiger partial charge in [-0.15, -0.1) is 0 Å². The molecule has 0 aliphatic carbocycles. The van der Waals surface area contributed by atoms with E-state index in [0.29, 0.717) is 17.7 Å². The lowest BCUT2D eigenvalue weighted by Crippen LogP contribution is -2.21. The normalized spacial score (nSPS) is 10.9. The fourth-order valence-electron chi connectivity index (χ4n) is 1.59. The third-order valence-electron chi connectivity index (χ3n) is 2.67. The summed E-state index contributed by atoms with van der Waals surface area (Å²) in [7, 11) is 0. The lowest BCUT2D eigenvalue weighted by Gasteiger charge is -2.08. The number of aryl methyl sites for hydroxylation is 1. The molecule has 0 saturated carbocycles. The standard InChI is InChI=1S/C14H20N4O/c1-4-18-10-13(9-17-18)19-14-6-5-12(8-16-14)7-15-11(2)3/h5-6,8-11,15H,4,7H2,1-3H3. The van der Waals surface area contributed by atoms with E-state index < -0.39 is 0 Å². The van der Waals surface area contributed by atoms with Gasteiger partial charge in [-0.2, -0.15) is 5.10 Å². The lowest BCUT2D eigenvalue weighted by molar-refractivity contribution is 0.461. The topological polar surface area (TPSA) is 52.0 Å². The van der Waals surface area contributed by atoms with E-state index in [9.17, 15) is 0 Å². The molecule has 2 aromatic heterocycles. The minimum Gasteiger partial charge on any atom is -0.436 e. The summed E-state index contributed by atoms with van der Waals surface area (Å²) in [4.78, 5) is 4.29. The van der Waals surface area contributed by atoms with Gasteiger partial charge in [0.25, 0.3) is 0 Å². The van der Waals surface area contributed by atoms with E-state index >= 15 is 0 Å². The van der Waals surface area contributed by atoms with E-state index in [2.05, 4.69) is 29.2 Å². The van der Waals surface area contributed by atoms with E-state index in [1.807, 2.05) is 36.1 Å². The zero-order valence-corrected chi connectivity index (χ0v) is 11.6. The molecule has 0 atom stereocenters. The first-order valence-electron chi connectivity index (χ1n) is 6.56. The molecule has 19 heavy (non-hydrogen) atoms. The first kappa shape index (κ1) is 13.5. The number of pyridine rings is 1. The molecule has 0 fully saturated rings. The summed E-state index contributed by atoms with van der Waals surface area (Å²) in [6.07, 6.45) is 5.38. The Balaban J connectivity index is 1.94. The van der Waals surface area contributed by atoms with Crippen molar-refractivity contribution in [1.82, 2.24) is 20.1 Å². The van der Waals surface area contributed by atoms with Gasteiger partial charge >= 0.3 is 0 Å². The molecular formula is C14H20N4O. The highest BCUT2D eigenvalue weighted by Gasteiger charge is 2.02. The van der Waals surface area contributed by atoms with Crippen molar-refractivity contribution >= 4 is 0 Å². The Morgan fingerprint density at radius 1 is 1.32 bits per heavy atom. The quantitative estimate of drug-likeness (QED) is 0.867. The second kappa shape index (κ2) is 6.33. The number of nitrogens with one attached hydrogen (secondary N) is 1. The summed E-state index contributed by atoms with van der Waals surface area (Å²) in [6.45, 7) is 7.92. The van der Waals surface area contributed by atoms with Crippen LogP contribution in [0.15, 0.2) is 30.7 Å². The minimum absolute atomic E-state index is 0.468. The zero-order valence-electron chi connectivity index (χ0n) is 11.6. The summed E-state index contributed by atoms with van der Waals surface area (Å²) in [5.74, 6) is 1.30. The molecule has 2 rings (SSSR count). The molecule has 0 radical (unpaired) electrons. The van der Waals surface area contributed by atoms with Crippen molar-refractivity contribution in [1.29, 1.82) is 0 Å². The fourth-order valence-corrected chi connectivity index (χ4v) is 1.59. The van der Waals surface area contributed by atoms with Gasteiger partial charge in [0.1, 0.15) is 0 Å².